The Morgan fingerprint density at radius 3 is 0.917 bits per heavy atom. The van der Waals surface area contributed by atoms with Gasteiger partial charge in [-0.15, -0.1) is 0 Å². The standard InChI is InChI=1S/C32H30O4/c1-15-16(2)34-31(33-15)27-5-6-28(31)24-12-20-10-22-14-26-25(13-21(22)9-19(20)11-23(24)27)29-7-8-30(26)32(29)35-17(3)18(4)36-32/h5-18,27-30H,1-4H3/t15?,16?,17?,18?,27-,28?,29?,30?,31?,32?/m1/s1. The average Bonchev–Trinajstić information content (AvgIpc) is 3.64. The lowest BCUT2D eigenvalue weighted by atomic mass is 9.89. The molecule has 0 aromatic heterocycles. The van der Waals surface area contributed by atoms with Gasteiger partial charge in [0.05, 0.1) is 48.1 Å². The summed E-state index contributed by atoms with van der Waals surface area (Å²) in [7, 11) is 0. The van der Waals surface area contributed by atoms with Crippen LogP contribution >= 0.6 is 0 Å². The van der Waals surface area contributed by atoms with Crippen molar-refractivity contribution < 1.29 is 18.9 Å². The van der Waals surface area contributed by atoms with Gasteiger partial charge in [-0.2, -0.15) is 0 Å². The van der Waals surface area contributed by atoms with E-state index in [0.717, 1.165) is 0 Å². The predicted molar refractivity (Wildman–Crippen MR) is 138 cm³/mol. The molecule has 2 heterocycles. The number of hydrogen-bond donors (Lipinski definition) is 0. The van der Waals surface area contributed by atoms with Crippen LogP contribution in [0.5, 0.6) is 0 Å². The molecule has 8 atom stereocenters. The summed E-state index contributed by atoms with van der Waals surface area (Å²) in [5.74, 6) is -0.488. The molecule has 0 N–H and O–H groups in total. The first-order valence-electron chi connectivity index (χ1n) is 13.5. The first-order valence-corrected chi connectivity index (χ1v) is 13.5. The number of rotatable bonds is 0. The number of hydrogen-bond acceptors (Lipinski definition) is 4. The Balaban J connectivity index is 1.18. The molecule has 0 saturated carbocycles. The Kier molecular flexibility index (Phi) is 3.60. The second-order valence-electron chi connectivity index (χ2n) is 11.9. The van der Waals surface area contributed by atoms with Crippen LogP contribution in [0.3, 0.4) is 0 Å². The van der Waals surface area contributed by atoms with E-state index in [2.05, 4.69) is 88.4 Å². The number of benzene rings is 3. The van der Waals surface area contributed by atoms with Crippen molar-refractivity contribution in [2.75, 3.05) is 0 Å². The Labute approximate surface area is 210 Å². The smallest absolute Gasteiger partial charge is 0.189 e. The SMILES string of the molecule is CC1OC2(OC1C)C1C=CC2c2cc3cc4cc5c(cc4cc3cc21)C1C=C[C@H]5C12OC(C)C(C)O2. The second-order valence-corrected chi connectivity index (χ2v) is 11.9. The molecule has 6 aliphatic rings. The summed E-state index contributed by atoms with van der Waals surface area (Å²) in [6.45, 7) is 8.50. The molecular formula is C32H30O4. The summed E-state index contributed by atoms with van der Waals surface area (Å²) < 4.78 is 26.1. The van der Waals surface area contributed by atoms with Crippen LogP contribution in [-0.4, -0.2) is 36.0 Å². The van der Waals surface area contributed by atoms with Gasteiger partial charge in [-0.25, -0.2) is 0 Å². The van der Waals surface area contributed by atoms with Crippen molar-refractivity contribution in [2.24, 2.45) is 0 Å². The molecule has 2 saturated heterocycles. The fraction of sp³-hybridized carbons (Fsp3) is 0.438. The van der Waals surface area contributed by atoms with Crippen LogP contribution in [0.1, 0.15) is 73.6 Å². The maximum Gasteiger partial charge on any atom is 0.189 e. The monoisotopic (exact) mass is 478 g/mol. The van der Waals surface area contributed by atoms with Gasteiger partial charge in [-0.05, 0) is 83.6 Å². The fourth-order valence-corrected chi connectivity index (χ4v) is 8.09. The molecule has 0 radical (unpaired) electrons. The molecule has 4 nitrogen and oxygen atoms in total. The zero-order chi connectivity index (χ0) is 24.1. The molecule has 2 fully saturated rings. The molecule has 3 aromatic rings. The highest BCUT2D eigenvalue weighted by atomic mass is 16.8. The van der Waals surface area contributed by atoms with Gasteiger partial charge >= 0.3 is 0 Å². The molecule has 0 amide bonds. The first-order chi connectivity index (χ1) is 17.4. The summed E-state index contributed by atoms with van der Waals surface area (Å²) in [6, 6.07) is 14.3. The Hall–Kier alpha value is -2.50. The second kappa shape index (κ2) is 6.31. The largest absolute Gasteiger partial charge is 0.342 e. The lowest BCUT2D eigenvalue weighted by molar-refractivity contribution is -0.177. The molecule has 36 heavy (non-hydrogen) atoms. The average molecular weight is 479 g/mol. The van der Waals surface area contributed by atoms with E-state index >= 15 is 0 Å². The van der Waals surface area contributed by atoms with Crippen LogP contribution in [0.4, 0.5) is 0 Å². The van der Waals surface area contributed by atoms with Crippen molar-refractivity contribution in [1.82, 2.24) is 0 Å². The van der Waals surface area contributed by atoms with Gasteiger partial charge in [0, 0.05) is 0 Å². The van der Waals surface area contributed by atoms with E-state index in [1.807, 2.05) is 0 Å². The highest BCUT2D eigenvalue weighted by Gasteiger charge is 2.63. The quantitative estimate of drug-likeness (QED) is 0.272. The normalized spacial score (nSPS) is 44.8. The molecule has 182 valence electrons. The Bertz CT molecular complexity index is 1340. The Morgan fingerprint density at radius 1 is 0.417 bits per heavy atom. The van der Waals surface area contributed by atoms with Gasteiger partial charge in [0.2, 0.25) is 0 Å². The summed E-state index contributed by atoms with van der Waals surface area (Å²) in [5, 5.41) is 5.11. The van der Waals surface area contributed by atoms with Gasteiger partial charge in [-0.3, -0.25) is 0 Å². The van der Waals surface area contributed by atoms with Gasteiger partial charge in [-0.1, -0.05) is 48.6 Å². The molecule has 4 aliphatic carbocycles. The van der Waals surface area contributed by atoms with Crippen molar-refractivity contribution in [1.29, 1.82) is 0 Å². The highest BCUT2D eigenvalue weighted by Crippen LogP contribution is 2.63. The molecule has 2 aliphatic heterocycles. The van der Waals surface area contributed by atoms with Crippen LogP contribution in [-0.2, 0) is 18.9 Å². The minimum absolute atomic E-state index is 0.106. The zero-order valence-corrected chi connectivity index (χ0v) is 21.0. The first kappa shape index (κ1) is 20.5. The fourth-order valence-electron chi connectivity index (χ4n) is 8.09. The van der Waals surface area contributed by atoms with Gasteiger partial charge in [0.1, 0.15) is 0 Å². The van der Waals surface area contributed by atoms with E-state index in [4.69, 9.17) is 18.9 Å². The van der Waals surface area contributed by atoms with Gasteiger partial charge in [0.25, 0.3) is 0 Å². The minimum atomic E-state index is -0.562. The van der Waals surface area contributed by atoms with E-state index in [0.29, 0.717) is 0 Å². The van der Waals surface area contributed by atoms with Crippen LogP contribution < -0.4 is 0 Å². The third kappa shape index (κ3) is 2.20. The topological polar surface area (TPSA) is 36.9 Å². The predicted octanol–water partition coefficient (Wildman–Crippen LogP) is 6.53. The van der Waals surface area contributed by atoms with Crippen molar-refractivity contribution >= 4 is 21.5 Å². The number of ether oxygens (including phenoxy) is 4. The third-order valence-electron chi connectivity index (χ3n) is 10.1. The lowest BCUT2D eigenvalue weighted by Crippen LogP contribution is -2.35. The van der Waals surface area contributed by atoms with E-state index < -0.39 is 11.6 Å². The van der Waals surface area contributed by atoms with E-state index in [1.165, 1.54) is 43.8 Å². The third-order valence-corrected chi connectivity index (χ3v) is 10.1. The van der Waals surface area contributed by atoms with Crippen LogP contribution in [0.2, 0.25) is 0 Å². The zero-order valence-electron chi connectivity index (χ0n) is 21.0. The maximum atomic E-state index is 6.53. The number of fused-ring (bicyclic) bond motifs is 8. The van der Waals surface area contributed by atoms with Gasteiger partial charge < -0.3 is 18.9 Å². The van der Waals surface area contributed by atoms with Crippen molar-refractivity contribution in [3.8, 4) is 0 Å². The Morgan fingerprint density at radius 2 is 0.667 bits per heavy atom. The molecular weight excluding hydrogens is 448 g/mol. The summed E-state index contributed by atoms with van der Waals surface area (Å²) >= 11 is 0. The van der Waals surface area contributed by atoms with Crippen molar-refractivity contribution in [2.45, 2.75) is 87.4 Å². The van der Waals surface area contributed by atoms with Crippen LogP contribution in [0.15, 0.2) is 60.7 Å². The summed E-state index contributed by atoms with van der Waals surface area (Å²) in [4.78, 5) is 0. The van der Waals surface area contributed by atoms with E-state index in [9.17, 15) is 0 Å². The molecule has 4 heteroatoms. The molecule has 7 unspecified atom stereocenters. The minimum Gasteiger partial charge on any atom is -0.342 e. The summed E-state index contributed by atoms with van der Waals surface area (Å²) in [5.41, 5.74) is 5.42. The van der Waals surface area contributed by atoms with Gasteiger partial charge in [0.15, 0.2) is 11.6 Å². The van der Waals surface area contributed by atoms with Crippen molar-refractivity contribution in [3.05, 3.63) is 83.0 Å². The highest BCUT2D eigenvalue weighted by molar-refractivity contribution is 6.00. The van der Waals surface area contributed by atoms with Crippen LogP contribution in [0.25, 0.3) is 21.5 Å². The van der Waals surface area contributed by atoms with Crippen molar-refractivity contribution in [3.63, 3.8) is 0 Å². The molecule has 3 aromatic carbocycles. The molecule has 9 rings (SSSR count). The molecule has 4 bridgehead atoms. The lowest BCUT2D eigenvalue weighted by Gasteiger charge is -2.28. The maximum absolute atomic E-state index is 6.53. The van der Waals surface area contributed by atoms with E-state index in [-0.39, 0.29) is 48.1 Å². The summed E-state index contributed by atoms with van der Waals surface area (Å²) in [6.07, 6.45) is 9.61. The van der Waals surface area contributed by atoms with Crippen LogP contribution in [0, 0.1) is 0 Å². The molecule has 2 spiro atoms. The van der Waals surface area contributed by atoms with E-state index in [1.54, 1.807) is 0 Å².